The Morgan fingerprint density at radius 2 is 0.850 bits per heavy atom. The molecule has 0 aromatic carbocycles. The van der Waals surface area contributed by atoms with Crippen molar-refractivity contribution in [1.29, 1.82) is 0 Å². The van der Waals surface area contributed by atoms with Crippen molar-refractivity contribution in [1.82, 2.24) is 0 Å². The van der Waals surface area contributed by atoms with Crippen molar-refractivity contribution in [2.24, 2.45) is 21.7 Å². The Morgan fingerprint density at radius 1 is 0.575 bits per heavy atom. The fraction of sp³-hybridized carbons (Fsp3) is 1.00. The van der Waals surface area contributed by atoms with Gasteiger partial charge in [0.2, 0.25) is 0 Å². The van der Waals surface area contributed by atoms with Crippen molar-refractivity contribution in [3.63, 3.8) is 0 Å². The molecule has 40 heavy (non-hydrogen) atoms. The lowest BCUT2D eigenvalue weighted by Gasteiger charge is -2.52. The van der Waals surface area contributed by atoms with Crippen molar-refractivity contribution in [3.05, 3.63) is 0 Å². The lowest BCUT2D eigenvalue weighted by atomic mass is 9.84. The average Bonchev–Trinajstić information content (AvgIpc) is 2.93. The van der Waals surface area contributed by atoms with Crippen LogP contribution in [0.1, 0.15) is 107 Å². The van der Waals surface area contributed by atoms with Gasteiger partial charge in [0.1, 0.15) is 0 Å². The minimum Gasteiger partial charge on any atom is -0.396 e. The van der Waals surface area contributed by atoms with E-state index in [1.54, 1.807) is 0 Å². The van der Waals surface area contributed by atoms with Crippen LogP contribution in [0.2, 0.25) is 0 Å². The fourth-order valence-electron chi connectivity index (χ4n) is 5.21. The summed E-state index contributed by atoms with van der Waals surface area (Å²) in [6.45, 7) is 21.4. The quantitative estimate of drug-likeness (QED) is 0.396. The maximum Gasteiger partial charge on any atom is 0.168 e. The van der Waals surface area contributed by atoms with Gasteiger partial charge in [-0.3, -0.25) is 0 Å². The molecule has 0 radical (unpaired) electrons. The van der Waals surface area contributed by atoms with E-state index >= 15 is 0 Å². The van der Waals surface area contributed by atoms with E-state index in [4.69, 9.17) is 28.4 Å². The van der Waals surface area contributed by atoms with Gasteiger partial charge in [0, 0.05) is 47.3 Å². The molecule has 8 nitrogen and oxygen atoms in total. The number of ether oxygens (including phenoxy) is 6. The SMILES string of the molecule is CC(C)(CO)COC1CCC(OCC(C)(C)CO)CC1.CC1(C)COC2(CCC3(CC2)OCC(C)(C)CO3)OC1. The fourth-order valence-corrected chi connectivity index (χ4v) is 5.21. The molecule has 236 valence electrons. The molecular weight excluding hydrogens is 512 g/mol. The van der Waals surface area contributed by atoms with Gasteiger partial charge in [-0.25, -0.2) is 0 Å². The summed E-state index contributed by atoms with van der Waals surface area (Å²) in [5.41, 5.74) is -0.0541. The highest BCUT2D eigenvalue weighted by Gasteiger charge is 2.51. The molecule has 0 atom stereocenters. The molecule has 8 heteroatoms. The molecule has 4 fully saturated rings. The summed E-state index contributed by atoms with van der Waals surface area (Å²) < 4.78 is 36.0. The predicted molar refractivity (Wildman–Crippen MR) is 155 cm³/mol. The molecule has 0 aromatic rings. The molecule has 2 aliphatic heterocycles. The maximum absolute atomic E-state index is 9.21. The Bertz CT molecular complexity index is 673. The first kappa shape index (κ1) is 34.2. The van der Waals surface area contributed by atoms with E-state index in [1.165, 1.54) is 0 Å². The molecule has 0 bridgehead atoms. The van der Waals surface area contributed by atoms with Crippen LogP contribution in [0.5, 0.6) is 0 Å². The highest BCUT2D eigenvalue weighted by molar-refractivity contribution is 4.91. The van der Waals surface area contributed by atoms with Gasteiger partial charge in [0.25, 0.3) is 0 Å². The molecule has 2 saturated carbocycles. The Kier molecular flexibility index (Phi) is 11.6. The zero-order chi connectivity index (χ0) is 29.7. The van der Waals surface area contributed by atoms with Gasteiger partial charge in [0.15, 0.2) is 11.6 Å². The van der Waals surface area contributed by atoms with Crippen LogP contribution in [-0.4, -0.2) is 86.9 Å². The largest absolute Gasteiger partial charge is 0.396 e. The van der Waals surface area contributed by atoms with Gasteiger partial charge in [-0.05, 0) is 25.7 Å². The Hall–Kier alpha value is -0.320. The zero-order valence-corrected chi connectivity index (χ0v) is 26.8. The van der Waals surface area contributed by atoms with E-state index < -0.39 is 0 Å². The number of hydrogen-bond acceptors (Lipinski definition) is 8. The van der Waals surface area contributed by atoms with Gasteiger partial charge in [-0.1, -0.05) is 55.4 Å². The van der Waals surface area contributed by atoms with Crippen molar-refractivity contribution in [2.75, 3.05) is 52.9 Å². The topological polar surface area (TPSA) is 95.8 Å². The third kappa shape index (κ3) is 10.4. The van der Waals surface area contributed by atoms with Crippen LogP contribution in [0.25, 0.3) is 0 Å². The second-order valence-electron chi connectivity index (χ2n) is 16.0. The summed E-state index contributed by atoms with van der Waals surface area (Å²) in [6.07, 6.45) is 8.13. The molecule has 4 aliphatic rings. The van der Waals surface area contributed by atoms with Crippen LogP contribution in [0.15, 0.2) is 0 Å². The lowest BCUT2D eigenvalue weighted by Crippen LogP contribution is -2.56. The second kappa shape index (κ2) is 13.5. The first-order valence-corrected chi connectivity index (χ1v) is 15.5. The molecule has 4 rings (SSSR count). The van der Waals surface area contributed by atoms with E-state index in [1.807, 2.05) is 27.7 Å². The van der Waals surface area contributed by atoms with Crippen LogP contribution >= 0.6 is 0 Å². The summed E-state index contributed by atoms with van der Waals surface area (Å²) in [5.74, 6) is -0.777. The van der Waals surface area contributed by atoms with Crippen LogP contribution in [0, 0.1) is 21.7 Å². The predicted octanol–water partition coefficient (Wildman–Crippen LogP) is 5.47. The highest BCUT2D eigenvalue weighted by Crippen LogP contribution is 2.46. The molecule has 2 spiro atoms. The van der Waals surface area contributed by atoms with E-state index in [2.05, 4.69) is 27.7 Å². The monoisotopic (exact) mass is 572 g/mol. The number of rotatable bonds is 8. The molecule has 0 aromatic heterocycles. The third-order valence-corrected chi connectivity index (χ3v) is 8.57. The van der Waals surface area contributed by atoms with Gasteiger partial charge in [-0.2, -0.15) is 0 Å². The van der Waals surface area contributed by atoms with Crippen molar-refractivity contribution >= 4 is 0 Å². The van der Waals surface area contributed by atoms with Crippen molar-refractivity contribution < 1.29 is 38.6 Å². The minimum atomic E-state index is -0.388. The molecule has 2 aliphatic carbocycles. The number of aliphatic hydroxyl groups excluding tert-OH is 2. The summed E-state index contributed by atoms with van der Waals surface area (Å²) in [6, 6.07) is 0. The van der Waals surface area contributed by atoms with Gasteiger partial charge < -0.3 is 38.6 Å². The number of aliphatic hydroxyl groups is 2. The second-order valence-corrected chi connectivity index (χ2v) is 16.0. The molecule has 2 N–H and O–H groups in total. The molecule has 0 amide bonds. The molecule has 0 unspecified atom stereocenters. The van der Waals surface area contributed by atoms with Crippen molar-refractivity contribution in [3.8, 4) is 0 Å². The molecule has 2 saturated heterocycles. The summed E-state index contributed by atoms with van der Waals surface area (Å²) in [7, 11) is 0. The van der Waals surface area contributed by atoms with Gasteiger partial charge >= 0.3 is 0 Å². The number of hydrogen-bond donors (Lipinski definition) is 2. The normalized spacial score (nSPS) is 29.6. The average molecular weight is 573 g/mol. The van der Waals surface area contributed by atoms with E-state index in [0.29, 0.717) is 25.4 Å². The first-order chi connectivity index (χ1) is 18.5. The first-order valence-electron chi connectivity index (χ1n) is 15.5. The van der Waals surface area contributed by atoms with E-state index in [-0.39, 0.29) is 46.4 Å². The summed E-state index contributed by atoms with van der Waals surface area (Å²) in [4.78, 5) is 0. The minimum absolute atomic E-state index is 0.127. The van der Waals surface area contributed by atoms with Crippen LogP contribution in [0.3, 0.4) is 0 Å². The van der Waals surface area contributed by atoms with Gasteiger partial charge in [-0.15, -0.1) is 0 Å². The van der Waals surface area contributed by atoms with Crippen LogP contribution in [0.4, 0.5) is 0 Å². The highest BCUT2D eigenvalue weighted by atomic mass is 16.7. The molecule has 2 heterocycles. The smallest absolute Gasteiger partial charge is 0.168 e. The van der Waals surface area contributed by atoms with Crippen LogP contribution < -0.4 is 0 Å². The Labute approximate surface area is 243 Å². The molecular formula is C32H60O8. The standard InChI is InChI=1S/C16H28O4.C16H32O4/c1-13(2)9-17-15(18-10-13)5-7-16(8-6-15)19-11-14(3,4)12-20-16;1-15(2,9-17)11-19-13-5-7-14(8-6-13)20-12-16(3,4)10-18/h5-12H2,1-4H3;13-14,17-18H,5-12H2,1-4H3. The lowest BCUT2D eigenvalue weighted by molar-refractivity contribution is -0.363. The summed E-state index contributed by atoms with van der Waals surface area (Å²) >= 11 is 0. The Balaban J connectivity index is 0.000000220. The van der Waals surface area contributed by atoms with E-state index in [9.17, 15) is 10.2 Å². The van der Waals surface area contributed by atoms with E-state index in [0.717, 1.165) is 77.8 Å². The van der Waals surface area contributed by atoms with Crippen LogP contribution in [-0.2, 0) is 28.4 Å². The van der Waals surface area contributed by atoms with Gasteiger partial charge in [0.05, 0.1) is 65.1 Å². The Morgan fingerprint density at radius 3 is 1.10 bits per heavy atom. The van der Waals surface area contributed by atoms with Crippen molar-refractivity contribution in [2.45, 2.75) is 131 Å². The zero-order valence-electron chi connectivity index (χ0n) is 26.8. The maximum atomic E-state index is 9.21. The third-order valence-electron chi connectivity index (χ3n) is 8.57. The summed E-state index contributed by atoms with van der Waals surface area (Å²) in [5, 5.41) is 18.4.